The number of amides is 2. The number of carbonyl (C=O) groups excluding carboxylic acids is 2. The van der Waals surface area contributed by atoms with Gasteiger partial charge in [-0.3, -0.25) is 9.59 Å². The summed E-state index contributed by atoms with van der Waals surface area (Å²) in [5.41, 5.74) is 3.16. The monoisotopic (exact) mass is 389 g/mol. The molecule has 2 N–H and O–H groups in total. The van der Waals surface area contributed by atoms with Crippen molar-refractivity contribution in [2.24, 2.45) is 0 Å². The highest BCUT2D eigenvalue weighted by atomic mass is 32.1. The molecule has 3 rings (SSSR count). The number of nitrogens with zero attached hydrogens (tertiary/aromatic N) is 1. The van der Waals surface area contributed by atoms with Gasteiger partial charge in [-0.2, -0.15) is 0 Å². The first kappa shape index (κ1) is 19.3. The maximum Gasteiger partial charge on any atom is 0.243 e. The van der Waals surface area contributed by atoms with Gasteiger partial charge in [0, 0.05) is 23.1 Å². The van der Waals surface area contributed by atoms with Gasteiger partial charge < -0.3 is 10.6 Å². The van der Waals surface area contributed by atoms with Crippen LogP contribution in [-0.4, -0.2) is 23.3 Å². The lowest BCUT2D eigenvalue weighted by Crippen LogP contribution is -2.33. The predicted octanol–water partition coefficient (Wildman–Crippen LogP) is 3.01. The van der Waals surface area contributed by atoms with Crippen molar-refractivity contribution in [2.45, 2.75) is 12.8 Å². The molecule has 0 spiro atoms. The van der Waals surface area contributed by atoms with E-state index in [1.165, 1.54) is 16.9 Å². The third-order valence-electron chi connectivity index (χ3n) is 3.90. The Hall–Kier alpha value is -3.43. The summed E-state index contributed by atoms with van der Waals surface area (Å²) < 4.78 is 0. The Bertz CT molecular complexity index is 1010. The van der Waals surface area contributed by atoms with E-state index < -0.39 is 0 Å². The van der Waals surface area contributed by atoms with E-state index >= 15 is 0 Å². The Kier molecular flexibility index (Phi) is 6.55. The zero-order valence-electron chi connectivity index (χ0n) is 15.1. The van der Waals surface area contributed by atoms with Crippen molar-refractivity contribution in [3.8, 4) is 12.3 Å². The molecule has 2 aromatic carbocycles. The molecule has 1 aromatic heterocycles. The normalized spacial score (nSPS) is 10.1. The molecule has 0 saturated carbocycles. The van der Waals surface area contributed by atoms with Crippen LogP contribution in [0.3, 0.4) is 0 Å². The van der Waals surface area contributed by atoms with E-state index in [2.05, 4.69) is 21.5 Å². The lowest BCUT2D eigenvalue weighted by Gasteiger charge is -2.07. The van der Waals surface area contributed by atoms with Gasteiger partial charge in [-0.1, -0.05) is 42.3 Å². The van der Waals surface area contributed by atoms with Crippen LogP contribution in [0.4, 0.5) is 5.69 Å². The zero-order chi connectivity index (χ0) is 19.8. The summed E-state index contributed by atoms with van der Waals surface area (Å²) in [5.74, 6) is 1.95. The zero-order valence-corrected chi connectivity index (χ0v) is 16.0. The Balaban J connectivity index is 1.45. The van der Waals surface area contributed by atoms with E-state index in [1.54, 1.807) is 24.3 Å². The summed E-state index contributed by atoms with van der Waals surface area (Å²) in [6, 6.07) is 17.0. The van der Waals surface area contributed by atoms with E-state index in [9.17, 15) is 9.59 Å². The Morgan fingerprint density at radius 1 is 1.07 bits per heavy atom. The van der Waals surface area contributed by atoms with Gasteiger partial charge in [0.1, 0.15) is 0 Å². The summed E-state index contributed by atoms with van der Waals surface area (Å²) in [6.45, 7) is -0.111. The van der Waals surface area contributed by atoms with E-state index in [1.807, 2.05) is 35.7 Å². The minimum absolute atomic E-state index is 0.111. The molecule has 6 heteroatoms. The standard InChI is InChI=1S/C22H19N3O2S/c1-2-16-9-6-10-18(11-16)24-21(27)14-23-20(26)13-19-15-28-22(25-19)12-17-7-4-3-5-8-17/h1,3-11,15H,12-14H2,(H,23,26)(H,24,27). The molecule has 0 bridgehead atoms. The van der Waals surface area contributed by atoms with Crippen LogP contribution in [-0.2, 0) is 22.4 Å². The number of benzene rings is 2. The minimum atomic E-state index is -0.314. The topological polar surface area (TPSA) is 71.1 Å². The number of carbonyl (C=O) groups is 2. The van der Waals surface area contributed by atoms with Gasteiger partial charge in [-0.25, -0.2) is 4.98 Å². The third kappa shape index (κ3) is 5.79. The second-order valence-electron chi connectivity index (χ2n) is 6.12. The van der Waals surface area contributed by atoms with Crippen molar-refractivity contribution >= 4 is 28.8 Å². The Morgan fingerprint density at radius 2 is 1.89 bits per heavy atom. The van der Waals surface area contributed by atoms with Crippen LogP contribution >= 0.6 is 11.3 Å². The molecular weight excluding hydrogens is 370 g/mol. The molecule has 0 fully saturated rings. The largest absolute Gasteiger partial charge is 0.347 e. The number of hydrogen-bond acceptors (Lipinski definition) is 4. The number of aromatic nitrogens is 1. The van der Waals surface area contributed by atoms with Gasteiger partial charge in [-0.15, -0.1) is 17.8 Å². The smallest absolute Gasteiger partial charge is 0.243 e. The Morgan fingerprint density at radius 3 is 2.68 bits per heavy atom. The maximum absolute atomic E-state index is 12.1. The van der Waals surface area contributed by atoms with Crippen LogP contribution in [0, 0.1) is 12.3 Å². The highest BCUT2D eigenvalue weighted by Crippen LogP contribution is 2.15. The maximum atomic E-state index is 12.1. The third-order valence-corrected chi connectivity index (χ3v) is 4.80. The highest BCUT2D eigenvalue weighted by Gasteiger charge is 2.10. The molecule has 0 saturated heterocycles. The van der Waals surface area contributed by atoms with Gasteiger partial charge in [0.05, 0.1) is 23.7 Å². The van der Waals surface area contributed by atoms with E-state index in [-0.39, 0.29) is 24.8 Å². The van der Waals surface area contributed by atoms with Gasteiger partial charge in [-0.05, 0) is 23.8 Å². The molecule has 0 radical (unpaired) electrons. The first-order valence-corrected chi connectivity index (χ1v) is 9.61. The fourth-order valence-electron chi connectivity index (χ4n) is 2.58. The number of terminal acetylenes is 1. The molecule has 0 aliphatic carbocycles. The molecule has 0 atom stereocenters. The Labute approximate surface area is 167 Å². The van der Waals surface area contributed by atoms with Gasteiger partial charge in [0.15, 0.2) is 0 Å². The molecule has 1 heterocycles. The van der Waals surface area contributed by atoms with Crippen LogP contribution in [0.15, 0.2) is 60.0 Å². The molecule has 0 unspecified atom stereocenters. The molecule has 0 aliphatic rings. The summed E-state index contributed by atoms with van der Waals surface area (Å²) in [4.78, 5) is 28.6. The van der Waals surface area contributed by atoms with E-state index in [4.69, 9.17) is 6.42 Å². The number of rotatable bonds is 7. The van der Waals surface area contributed by atoms with Gasteiger partial charge >= 0.3 is 0 Å². The first-order chi connectivity index (χ1) is 13.6. The van der Waals surface area contributed by atoms with Crippen molar-refractivity contribution in [1.29, 1.82) is 0 Å². The SMILES string of the molecule is C#Cc1cccc(NC(=O)CNC(=O)Cc2csc(Cc3ccccc3)n2)c1. The van der Waals surface area contributed by atoms with Crippen molar-refractivity contribution < 1.29 is 9.59 Å². The van der Waals surface area contributed by atoms with Crippen molar-refractivity contribution in [3.05, 3.63) is 81.8 Å². The average Bonchev–Trinajstić information content (AvgIpc) is 3.14. The molecule has 5 nitrogen and oxygen atoms in total. The first-order valence-electron chi connectivity index (χ1n) is 8.73. The predicted molar refractivity (Wildman–Crippen MR) is 111 cm³/mol. The summed E-state index contributed by atoms with van der Waals surface area (Å²) in [6.07, 6.45) is 6.23. The van der Waals surface area contributed by atoms with E-state index in [0.29, 0.717) is 16.9 Å². The molecule has 3 aromatic rings. The van der Waals surface area contributed by atoms with Crippen molar-refractivity contribution in [3.63, 3.8) is 0 Å². The lowest BCUT2D eigenvalue weighted by molar-refractivity contribution is -0.123. The molecule has 28 heavy (non-hydrogen) atoms. The van der Waals surface area contributed by atoms with Crippen LogP contribution in [0.1, 0.15) is 21.8 Å². The second kappa shape index (κ2) is 9.49. The molecule has 2 amide bonds. The van der Waals surface area contributed by atoms with Gasteiger partial charge in [0.2, 0.25) is 11.8 Å². The van der Waals surface area contributed by atoms with E-state index in [0.717, 1.165) is 11.4 Å². The molecular formula is C22H19N3O2S. The number of anilines is 1. The second-order valence-corrected chi connectivity index (χ2v) is 7.06. The van der Waals surface area contributed by atoms with Crippen LogP contribution in [0.2, 0.25) is 0 Å². The summed E-state index contributed by atoms with van der Waals surface area (Å²) >= 11 is 1.53. The van der Waals surface area contributed by atoms with Crippen molar-refractivity contribution in [2.75, 3.05) is 11.9 Å². The van der Waals surface area contributed by atoms with Crippen LogP contribution in [0.5, 0.6) is 0 Å². The van der Waals surface area contributed by atoms with Crippen LogP contribution < -0.4 is 10.6 Å². The summed E-state index contributed by atoms with van der Waals surface area (Å²) in [5, 5.41) is 8.15. The number of hydrogen-bond donors (Lipinski definition) is 2. The number of thiazole rings is 1. The quantitative estimate of drug-likeness (QED) is 0.610. The minimum Gasteiger partial charge on any atom is -0.347 e. The number of nitrogens with one attached hydrogen (secondary N) is 2. The van der Waals surface area contributed by atoms with Crippen LogP contribution in [0.25, 0.3) is 0 Å². The lowest BCUT2D eigenvalue weighted by atomic mass is 10.2. The fraction of sp³-hybridized carbons (Fsp3) is 0.136. The fourth-order valence-corrected chi connectivity index (χ4v) is 3.41. The summed E-state index contributed by atoms with van der Waals surface area (Å²) in [7, 11) is 0. The highest BCUT2D eigenvalue weighted by molar-refractivity contribution is 7.09. The molecule has 0 aliphatic heterocycles. The van der Waals surface area contributed by atoms with Crippen molar-refractivity contribution in [1.82, 2.24) is 10.3 Å². The molecule has 140 valence electrons. The van der Waals surface area contributed by atoms with Gasteiger partial charge in [0.25, 0.3) is 0 Å². The average molecular weight is 389 g/mol.